The Morgan fingerprint density at radius 2 is 2.00 bits per heavy atom. The van der Waals surface area contributed by atoms with Crippen molar-refractivity contribution < 1.29 is 4.39 Å². The molecule has 0 spiro atoms. The first kappa shape index (κ1) is 16.1. The maximum Gasteiger partial charge on any atom is 0.209 e. The van der Waals surface area contributed by atoms with Crippen LogP contribution in [0.15, 0.2) is 34.8 Å². The minimum absolute atomic E-state index is 0.0656. The maximum absolute atomic E-state index is 13.7. The van der Waals surface area contributed by atoms with Crippen LogP contribution in [0.2, 0.25) is 0 Å². The largest absolute Gasteiger partial charge is 0.258 e. The van der Waals surface area contributed by atoms with Crippen LogP contribution in [-0.4, -0.2) is 20.2 Å². The Morgan fingerprint density at radius 3 is 2.70 bits per heavy atom. The lowest BCUT2D eigenvalue weighted by Gasteiger charge is -2.13. The number of thiazole rings is 1. The third-order valence-electron chi connectivity index (χ3n) is 3.14. The number of aromatic nitrogens is 4. The molecular weight excluding hydrogens is 331 g/mol. The van der Waals surface area contributed by atoms with Crippen molar-refractivity contribution in [3.63, 3.8) is 0 Å². The highest BCUT2D eigenvalue weighted by molar-refractivity contribution is 7.98. The molecule has 0 atom stereocenters. The fourth-order valence-corrected chi connectivity index (χ4v) is 3.64. The van der Waals surface area contributed by atoms with E-state index < -0.39 is 0 Å². The molecule has 0 aliphatic heterocycles. The molecule has 0 amide bonds. The molecule has 3 rings (SSSR count). The summed E-state index contributed by atoms with van der Waals surface area (Å²) in [6.45, 7) is 6.45. The zero-order valence-electron chi connectivity index (χ0n) is 13.1. The van der Waals surface area contributed by atoms with E-state index in [9.17, 15) is 4.39 Å². The standard InChI is InChI=1S/C16H17FN4S2/c1-16(2,3)14-18-10(8-22-14)9-23-15-19-13(20-21-15)11-6-4-5-7-12(11)17/h4-8H,9H2,1-3H3,(H,19,20,21). The summed E-state index contributed by atoms with van der Waals surface area (Å²) in [4.78, 5) is 8.99. The van der Waals surface area contributed by atoms with E-state index in [0.29, 0.717) is 22.3 Å². The molecule has 0 aliphatic rings. The first-order chi connectivity index (χ1) is 10.9. The summed E-state index contributed by atoms with van der Waals surface area (Å²) in [5.41, 5.74) is 1.51. The molecule has 0 saturated carbocycles. The molecule has 7 heteroatoms. The summed E-state index contributed by atoms with van der Waals surface area (Å²) in [5, 5.41) is 10.7. The first-order valence-corrected chi connectivity index (χ1v) is 9.05. The van der Waals surface area contributed by atoms with Gasteiger partial charge in [-0.1, -0.05) is 44.7 Å². The highest BCUT2D eigenvalue weighted by Crippen LogP contribution is 2.28. The zero-order chi connectivity index (χ0) is 16.4. The molecule has 0 aliphatic carbocycles. The van der Waals surface area contributed by atoms with Crippen molar-refractivity contribution in [2.24, 2.45) is 0 Å². The number of nitrogens with one attached hydrogen (secondary N) is 1. The molecule has 2 heterocycles. The number of rotatable bonds is 4. The average Bonchev–Trinajstić information content (AvgIpc) is 3.14. The minimum atomic E-state index is -0.311. The Hall–Kier alpha value is -1.73. The topological polar surface area (TPSA) is 54.5 Å². The Kier molecular flexibility index (Phi) is 4.50. The Balaban J connectivity index is 1.68. The van der Waals surface area contributed by atoms with Crippen LogP contribution in [0.4, 0.5) is 4.39 Å². The van der Waals surface area contributed by atoms with E-state index in [1.54, 1.807) is 29.5 Å². The number of hydrogen-bond donors (Lipinski definition) is 1. The third kappa shape index (κ3) is 3.79. The van der Waals surface area contributed by atoms with Crippen LogP contribution in [0.3, 0.4) is 0 Å². The third-order valence-corrected chi connectivity index (χ3v) is 5.33. The number of nitrogens with zero attached hydrogens (tertiary/aromatic N) is 3. The van der Waals surface area contributed by atoms with Gasteiger partial charge in [0.2, 0.25) is 5.16 Å². The van der Waals surface area contributed by atoms with Crippen LogP contribution >= 0.6 is 23.1 Å². The zero-order valence-corrected chi connectivity index (χ0v) is 14.8. The van der Waals surface area contributed by atoms with Crippen molar-refractivity contribution >= 4 is 23.1 Å². The molecule has 0 saturated heterocycles. The Bertz CT molecular complexity index is 804. The van der Waals surface area contributed by atoms with Gasteiger partial charge in [-0.05, 0) is 12.1 Å². The lowest BCUT2D eigenvalue weighted by atomic mass is 9.98. The maximum atomic E-state index is 13.7. The number of benzene rings is 1. The summed E-state index contributed by atoms with van der Waals surface area (Å²) < 4.78 is 13.7. The summed E-state index contributed by atoms with van der Waals surface area (Å²) in [7, 11) is 0. The number of H-pyrrole nitrogens is 1. The number of hydrogen-bond acceptors (Lipinski definition) is 5. The highest BCUT2D eigenvalue weighted by Gasteiger charge is 2.18. The van der Waals surface area contributed by atoms with E-state index in [-0.39, 0.29) is 11.2 Å². The van der Waals surface area contributed by atoms with Gasteiger partial charge in [-0.2, -0.15) is 0 Å². The summed E-state index contributed by atoms with van der Waals surface area (Å²) >= 11 is 3.16. The number of thioether (sulfide) groups is 1. The second-order valence-electron chi connectivity index (χ2n) is 6.13. The van der Waals surface area contributed by atoms with Gasteiger partial charge in [0.1, 0.15) is 5.82 Å². The molecule has 0 radical (unpaired) electrons. The molecule has 1 aromatic carbocycles. The first-order valence-electron chi connectivity index (χ1n) is 7.18. The van der Waals surface area contributed by atoms with Gasteiger partial charge in [0.25, 0.3) is 0 Å². The molecular formula is C16H17FN4S2. The van der Waals surface area contributed by atoms with Gasteiger partial charge in [-0.25, -0.2) is 14.4 Å². The van der Waals surface area contributed by atoms with E-state index in [4.69, 9.17) is 0 Å². The van der Waals surface area contributed by atoms with Crippen LogP contribution in [0.1, 0.15) is 31.5 Å². The van der Waals surface area contributed by atoms with Crippen molar-refractivity contribution in [3.8, 4) is 11.4 Å². The molecule has 2 aromatic heterocycles. The lowest BCUT2D eigenvalue weighted by molar-refractivity contribution is 0.584. The van der Waals surface area contributed by atoms with Crippen molar-refractivity contribution in [3.05, 3.63) is 46.2 Å². The fourth-order valence-electron chi connectivity index (χ4n) is 1.94. The van der Waals surface area contributed by atoms with Gasteiger partial charge in [-0.15, -0.1) is 16.4 Å². The predicted molar refractivity (Wildman–Crippen MR) is 92.2 cm³/mol. The van der Waals surface area contributed by atoms with Gasteiger partial charge in [0, 0.05) is 16.5 Å². The second-order valence-corrected chi connectivity index (χ2v) is 7.93. The van der Waals surface area contributed by atoms with Gasteiger partial charge in [0.15, 0.2) is 5.82 Å². The SMILES string of the molecule is CC(C)(C)c1nc(CSc2n[nH]c(-c3ccccc3F)n2)cs1. The molecule has 3 aromatic rings. The Labute approximate surface area is 142 Å². The quantitative estimate of drug-likeness (QED) is 0.697. The monoisotopic (exact) mass is 348 g/mol. The van der Waals surface area contributed by atoms with Crippen LogP contribution in [-0.2, 0) is 11.2 Å². The second kappa shape index (κ2) is 6.41. The van der Waals surface area contributed by atoms with Gasteiger partial charge < -0.3 is 0 Å². The fraction of sp³-hybridized carbons (Fsp3) is 0.312. The molecule has 0 unspecified atom stereocenters. The summed E-state index contributed by atoms with van der Waals surface area (Å²) in [5.74, 6) is 0.829. The minimum Gasteiger partial charge on any atom is -0.258 e. The Morgan fingerprint density at radius 1 is 1.22 bits per heavy atom. The van der Waals surface area contributed by atoms with Crippen molar-refractivity contribution in [2.45, 2.75) is 37.1 Å². The van der Waals surface area contributed by atoms with Crippen molar-refractivity contribution in [1.82, 2.24) is 20.2 Å². The molecule has 0 bridgehead atoms. The van der Waals surface area contributed by atoms with Gasteiger partial charge >= 0.3 is 0 Å². The van der Waals surface area contributed by atoms with Gasteiger partial charge in [0.05, 0.1) is 16.3 Å². The van der Waals surface area contributed by atoms with Crippen LogP contribution in [0, 0.1) is 5.82 Å². The normalized spacial score (nSPS) is 11.8. The average molecular weight is 348 g/mol. The lowest BCUT2D eigenvalue weighted by Crippen LogP contribution is -2.10. The number of aromatic amines is 1. The van der Waals surface area contributed by atoms with E-state index in [1.165, 1.54) is 17.8 Å². The summed E-state index contributed by atoms with van der Waals surface area (Å²) in [6.07, 6.45) is 0. The smallest absolute Gasteiger partial charge is 0.209 e. The van der Waals surface area contributed by atoms with Crippen LogP contribution in [0.25, 0.3) is 11.4 Å². The highest BCUT2D eigenvalue weighted by atomic mass is 32.2. The van der Waals surface area contributed by atoms with Crippen molar-refractivity contribution in [1.29, 1.82) is 0 Å². The van der Waals surface area contributed by atoms with E-state index in [2.05, 4.69) is 46.3 Å². The molecule has 0 fully saturated rings. The molecule has 1 N–H and O–H groups in total. The number of halogens is 1. The molecule has 23 heavy (non-hydrogen) atoms. The van der Waals surface area contributed by atoms with Crippen LogP contribution in [0.5, 0.6) is 0 Å². The molecule has 4 nitrogen and oxygen atoms in total. The molecule has 120 valence electrons. The van der Waals surface area contributed by atoms with E-state index >= 15 is 0 Å². The summed E-state index contributed by atoms with van der Waals surface area (Å²) in [6, 6.07) is 6.52. The van der Waals surface area contributed by atoms with E-state index in [0.717, 1.165) is 10.7 Å². The van der Waals surface area contributed by atoms with E-state index in [1.807, 2.05) is 0 Å². The predicted octanol–water partition coefficient (Wildman–Crippen LogP) is 4.66. The van der Waals surface area contributed by atoms with Crippen LogP contribution < -0.4 is 0 Å². The van der Waals surface area contributed by atoms with Crippen molar-refractivity contribution in [2.75, 3.05) is 0 Å². The van der Waals surface area contributed by atoms with Gasteiger partial charge in [-0.3, -0.25) is 5.10 Å².